The molecule has 0 aliphatic carbocycles. The largest absolute Gasteiger partial charge is 0.481 e. The maximum atomic E-state index is 10.5. The van der Waals surface area contributed by atoms with Crippen LogP contribution in [0.1, 0.15) is 23.8 Å². The average molecular weight is 309 g/mol. The predicted octanol–water partition coefficient (Wildman–Crippen LogP) is 5.15. The molecule has 20 heavy (non-hydrogen) atoms. The Labute approximate surface area is 128 Å². The minimum atomic E-state index is -0.828. The number of alkyl halides is 1. The highest BCUT2D eigenvalue weighted by Crippen LogP contribution is 2.29. The number of halogens is 2. The smallest absolute Gasteiger partial charge is 0.303 e. The van der Waals surface area contributed by atoms with Gasteiger partial charge >= 0.3 is 5.97 Å². The van der Waals surface area contributed by atoms with Crippen LogP contribution < -0.4 is 0 Å². The van der Waals surface area contributed by atoms with Crippen molar-refractivity contribution in [3.63, 3.8) is 0 Å². The van der Waals surface area contributed by atoms with Crippen LogP contribution in [0.3, 0.4) is 0 Å². The summed E-state index contributed by atoms with van der Waals surface area (Å²) in [6.45, 7) is 0. The van der Waals surface area contributed by atoms with E-state index >= 15 is 0 Å². The van der Waals surface area contributed by atoms with Crippen molar-refractivity contribution in [2.24, 2.45) is 0 Å². The average Bonchev–Trinajstić information content (AvgIpc) is 2.45. The summed E-state index contributed by atoms with van der Waals surface area (Å²) in [4.78, 5) is 10.5. The van der Waals surface area contributed by atoms with Gasteiger partial charge in [-0.15, -0.1) is 11.6 Å². The predicted molar refractivity (Wildman–Crippen MR) is 82.4 cm³/mol. The molecule has 0 spiro atoms. The molecule has 0 aliphatic heterocycles. The molecule has 0 bridgehead atoms. The third-order valence-electron chi connectivity index (χ3n) is 3.04. The monoisotopic (exact) mass is 308 g/mol. The zero-order valence-corrected chi connectivity index (χ0v) is 12.2. The summed E-state index contributed by atoms with van der Waals surface area (Å²) >= 11 is 12.2. The normalized spacial score (nSPS) is 12.1. The lowest BCUT2D eigenvalue weighted by molar-refractivity contribution is -0.137. The standard InChI is InChI=1S/C16H14Cl2O2/c17-14-3-1-2-13(10-14)11-4-6-12(7-5-11)15(18)8-9-16(19)20/h1-7,10,15H,8-9H2,(H,19,20). The molecule has 0 radical (unpaired) electrons. The van der Waals surface area contributed by atoms with E-state index in [1.807, 2.05) is 48.5 Å². The number of hydrogen-bond donors (Lipinski definition) is 1. The van der Waals surface area contributed by atoms with E-state index in [4.69, 9.17) is 28.3 Å². The molecule has 1 atom stereocenters. The zero-order chi connectivity index (χ0) is 14.5. The molecule has 2 aromatic rings. The van der Waals surface area contributed by atoms with Crippen LogP contribution in [0.5, 0.6) is 0 Å². The van der Waals surface area contributed by atoms with Gasteiger partial charge in [0, 0.05) is 11.4 Å². The van der Waals surface area contributed by atoms with E-state index < -0.39 is 5.97 Å². The molecule has 1 unspecified atom stereocenters. The fourth-order valence-electron chi connectivity index (χ4n) is 1.97. The van der Waals surface area contributed by atoms with Gasteiger partial charge in [0.25, 0.3) is 0 Å². The highest BCUT2D eigenvalue weighted by molar-refractivity contribution is 6.30. The first-order chi connectivity index (χ1) is 9.56. The van der Waals surface area contributed by atoms with Crippen molar-refractivity contribution in [2.45, 2.75) is 18.2 Å². The van der Waals surface area contributed by atoms with Crippen LogP contribution in [0.15, 0.2) is 48.5 Å². The van der Waals surface area contributed by atoms with Gasteiger partial charge in [0.1, 0.15) is 0 Å². The second-order valence-corrected chi connectivity index (χ2v) is 5.50. The number of rotatable bonds is 5. The number of benzene rings is 2. The minimum absolute atomic E-state index is 0.0736. The molecule has 0 amide bonds. The van der Waals surface area contributed by atoms with Crippen LogP contribution in [0.2, 0.25) is 5.02 Å². The van der Waals surface area contributed by atoms with Crippen LogP contribution >= 0.6 is 23.2 Å². The van der Waals surface area contributed by atoms with Crippen molar-refractivity contribution in [3.05, 3.63) is 59.1 Å². The molecule has 0 saturated heterocycles. The summed E-state index contributed by atoms with van der Waals surface area (Å²) in [5.41, 5.74) is 3.03. The molecule has 0 fully saturated rings. The Bertz CT molecular complexity index is 594. The highest BCUT2D eigenvalue weighted by atomic mass is 35.5. The Morgan fingerprint density at radius 1 is 1.10 bits per heavy atom. The second-order valence-electron chi connectivity index (χ2n) is 4.53. The van der Waals surface area contributed by atoms with Crippen LogP contribution in [0.4, 0.5) is 0 Å². The maximum absolute atomic E-state index is 10.5. The Kier molecular flexibility index (Phi) is 5.05. The van der Waals surface area contributed by atoms with Gasteiger partial charge in [-0.2, -0.15) is 0 Å². The van der Waals surface area contributed by atoms with E-state index in [9.17, 15) is 4.79 Å². The third-order valence-corrected chi connectivity index (χ3v) is 3.75. The third kappa shape index (κ3) is 3.99. The first-order valence-electron chi connectivity index (χ1n) is 6.28. The maximum Gasteiger partial charge on any atom is 0.303 e. The van der Waals surface area contributed by atoms with Gasteiger partial charge in [0.05, 0.1) is 5.38 Å². The van der Waals surface area contributed by atoms with E-state index in [1.54, 1.807) is 0 Å². The molecule has 2 nitrogen and oxygen atoms in total. The Morgan fingerprint density at radius 3 is 2.40 bits per heavy atom. The minimum Gasteiger partial charge on any atom is -0.481 e. The van der Waals surface area contributed by atoms with Crippen molar-refractivity contribution in [2.75, 3.05) is 0 Å². The first-order valence-corrected chi connectivity index (χ1v) is 7.09. The number of carboxylic acids is 1. The number of carboxylic acid groups (broad SMARTS) is 1. The lowest BCUT2D eigenvalue weighted by Gasteiger charge is -2.09. The van der Waals surface area contributed by atoms with E-state index in [1.165, 1.54) is 0 Å². The molecule has 2 rings (SSSR count). The van der Waals surface area contributed by atoms with Gasteiger partial charge in [-0.05, 0) is 35.2 Å². The van der Waals surface area contributed by atoms with Crippen molar-refractivity contribution < 1.29 is 9.90 Å². The quantitative estimate of drug-likeness (QED) is 0.775. The number of carbonyl (C=O) groups is 1. The van der Waals surface area contributed by atoms with Gasteiger partial charge in [-0.25, -0.2) is 0 Å². The molecule has 0 aromatic heterocycles. The Balaban J connectivity index is 2.12. The van der Waals surface area contributed by atoms with Gasteiger partial charge < -0.3 is 5.11 Å². The summed E-state index contributed by atoms with van der Waals surface area (Å²) in [7, 11) is 0. The number of hydrogen-bond acceptors (Lipinski definition) is 1. The highest BCUT2D eigenvalue weighted by Gasteiger charge is 2.10. The van der Waals surface area contributed by atoms with Crippen molar-refractivity contribution >= 4 is 29.2 Å². The fourth-order valence-corrected chi connectivity index (χ4v) is 2.41. The molecular weight excluding hydrogens is 295 g/mol. The lowest BCUT2D eigenvalue weighted by Crippen LogP contribution is -1.98. The number of aliphatic carboxylic acids is 1. The second kappa shape index (κ2) is 6.78. The van der Waals surface area contributed by atoms with Gasteiger partial charge in [0.15, 0.2) is 0 Å². The molecule has 104 valence electrons. The lowest BCUT2D eigenvalue weighted by atomic mass is 10.0. The SMILES string of the molecule is O=C(O)CCC(Cl)c1ccc(-c2cccc(Cl)c2)cc1. The molecule has 0 aliphatic rings. The van der Waals surface area contributed by atoms with Crippen LogP contribution in [0, 0.1) is 0 Å². The summed E-state index contributed by atoms with van der Waals surface area (Å²) in [5.74, 6) is -0.828. The van der Waals surface area contributed by atoms with E-state index in [0.29, 0.717) is 11.4 Å². The summed E-state index contributed by atoms with van der Waals surface area (Å²) < 4.78 is 0. The summed E-state index contributed by atoms with van der Waals surface area (Å²) in [6.07, 6.45) is 0.498. The fraction of sp³-hybridized carbons (Fsp3) is 0.188. The van der Waals surface area contributed by atoms with Crippen molar-refractivity contribution in [1.82, 2.24) is 0 Å². The first kappa shape index (κ1) is 14.9. The van der Waals surface area contributed by atoms with Gasteiger partial charge in [-0.3, -0.25) is 4.79 Å². The molecule has 4 heteroatoms. The Morgan fingerprint density at radius 2 is 1.80 bits per heavy atom. The van der Waals surface area contributed by atoms with Crippen molar-refractivity contribution in [1.29, 1.82) is 0 Å². The van der Waals surface area contributed by atoms with Crippen molar-refractivity contribution in [3.8, 4) is 11.1 Å². The van der Waals surface area contributed by atoms with Gasteiger partial charge in [0.2, 0.25) is 0 Å². The van der Waals surface area contributed by atoms with E-state index in [2.05, 4.69) is 0 Å². The van der Waals surface area contributed by atoms with E-state index in [-0.39, 0.29) is 11.8 Å². The summed E-state index contributed by atoms with van der Waals surface area (Å²) in [6, 6.07) is 15.4. The molecular formula is C16H14Cl2O2. The zero-order valence-electron chi connectivity index (χ0n) is 10.7. The van der Waals surface area contributed by atoms with Crippen LogP contribution in [-0.2, 0) is 4.79 Å². The van der Waals surface area contributed by atoms with Crippen LogP contribution in [-0.4, -0.2) is 11.1 Å². The topological polar surface area (TPSA) is 37.3 Å². The Hall–Kier alpha value is -1.51. The van der Waals surface area contributed by atoms with Gasteiger partial charge in [-0.1, -0.05) is 48.0 Å². The summed E-state index contributed by atoms with van der Waals surface area (Å²) in [5, 5.41) is 9.08. The van der Waals surface area contributed by atoms with E-state index in [0.717, 1.165) is 16.7 Å². The molecule has 0 heterocycles. The van der Waals surface area contributed by atoms with Crippen LogP contribution in [0.25, 0.3) is 11.1 Å². The molecule has 0 saturated carbocycles. The molecule has 2 aromatic carbocycles. The molecule has 1 N–H and O–H groups in total.